The fourth-order valence-electron chi connectivity index (χ4n) is 1.59. The molecule has 0 aliphatic heterocycles. The molecule has 2 aromatic rings. The molecule has 0 spiro atoms. The van der Waals surface area contributed by atoms with Crippen LogP contribution in [-0.2, 0) is 16.6 Å². The molecule has 20 heavy (non-hydrogen) atoms. The lowest BCUT2D eigenvalue weighted by atomic mass is 10.3. The van der Waals surface area contributed by atoms with Gasteiger partial charge in [-0.3, -0.25) is 4.72 Å². The summed E-state index contributed by atoms with van der Waals surface area (Å²) in [6.07, 6.45) is 0. The molecule has 0 amide bonds. The van der Waals surface area contributed by atoms with Crippen molar-refractivity contribution in [2.45, 2.75) is 17.7 Å². The number of nitrogens with two attached hydrogens (primary N) is 1. The molecule has 1 heterocycles. The van der Waals surface area contributed by atoms with E-state index >= 15 is 0 Å². The maximum absolute atomic E-state index is 13.1. The first-order valence-corrected chi connectivity index (χ1v) is 8.28. The number of sulfonamides is 1. The molecule has 0 aliphatic carbocycles. The predicted octanol–water partition coefficient (Wildman–Crippen LogP) is 3.11. The van der Waals surface area contributed by atoms with Crippen LogP contribution in [0, 0.1) is 12.7 Å². The monoisotopic (exact) mass is 334 g/mol. The first kappa shape index (κ1) is 15.2. The summed E-state index contributed by atoms with van der Waals surface area (Å²) in [6, 6.07) is 5.01. The van der Waals surface area contributed by atoms with Gasteiger partial charge in [-0.2, -0.15) is 0 Å². The van der Waals surface area contributed by atoms with Crippen LogP contribution in [0.4, 0.5) is 10.1 Å². The van der Waals surface area contributed by atoms with Gasteiger partial charge in [-0.15, -0.1) is 11.3 Å². The van der Waals surface area contributed by atoms with Crippen LogP contribution in [0.15, 0.2) is 28.5 Å². The van der Waals surface area contributed by atoms with E-state index in [1.165, 1.54) is 12.1 Å². The molecular weight excluding hydrogens is 323 g/mol. The van der Waals surface area contributed by atoms with Crippen molar-refractivity contribution in [3.05, 3.63) is 45.5 Å². The van der Waals surface area contributed by atoms with Crippen molar-refractivity contribution in [2.75, 3.05) is 4.72 Å². The summed E-state index contributed by atoms with van der Waals surface area (Å²) >= 11 is 6.93. The van der Waals surface area contributed by atoms with Gasteiger partial charge in [-0.05, 0) is 36.8 Å². The van der Waals surface area contributed by atoms with Gasteiger partial charge in [0.25, 0.3) is 10.0 Å². The predicted molar refractivity (Wildman–Crippen MR) is 79.2 cm³/mol. The van der Waals surface area contributed by atoms with Crippen molar-refractivity contribution in [3.63, 3.8) is 0 Å². The number of benzene rings is 1. The van der Waals surface area contributed by atoms with Gasteiger partial charge in [0.15, 0.2) is 0 Å². The van der Waals surface area contributed by atoms with Crippen molar-refractivity contribution < 1.29 is 12.8 Å². The lowest BCUT2D eigenvalue weighted by Crippen LogP contribution is -2.12. The van der Waals surface area contributed by atoms with E-state index in [1.54, 1.807) is 6.92 Å². The van der Waals surface area contributed by atoms with E-state index in [0.29, 0.717) is 0 Å². The van der Waals surface area contributed by atoms with Crippen LogP contribution >= 0.6 is 22.9 Å². The van der Waals surface area contributed by atoms with E-state index in [9.17, 15) is 12.8 Å². The van der Waals surface area contributed by atoms with Crippen LogP contribution in [0.3, 0.4) is 0 Å². The molecule has 0 bridgehead atoms. The quantitative estimate of drug-likeness (QED) is 0.902. The fraction of sp³-hybridized carbons (Fsp3) is 0.167. The number of hydrogen-bond acceptors (Lipinski definition) is 4. The Bertz CT molecular complexity index is 744. The standard InChI is InChI=1S/C12H12ClFN2O2S2/c1-7-4-12(19-11(7)6-15)20(17,18)16-10-5-8(14)2-3-9(10)13/h2-5,16H,6,15H2,1H3. The van der Waals surface area contributed by atoms with Crippen molar-refractivity contribution in [1.29, 1.82) is 0 Å². The average Bonchev–Trinajstić information content (AvgIpc) is 2.76. The first-order chi connectivity index (χ1) is 9.33. The summed E-state index contributed by atoms with van der Waals surface area (Å²) in [6.45, 7) is 2.06. The van der Waals surface area contributed by atoms with E-state index in [1.807, 2.05) is 0 Å². The smallest absolute Gasteiger partial charge is 0.271 e. The molecule has 1 aromatic carbocycles. The molecule has 0 unspecified atom stereocenters. The van der Waals surface area contributed by atoms with Gasteiger partial charge >= 0.3 is 0 Å². The minimum absolute atomic E-state index is 0.00650. The molecule has 8 heteroatoms. The summed E-state index contributed by atoms with van der Waals surface area (Å²) < 4.78 is 40.0. The number of aryl methyl sites for hydroxylation is 1. The van der Waals surface area contributed by atoms with Crippen LogP contribution in [0.2, 0.25) is 5.02 Å². The number of halogens is 2. The average molecular weight is 335 g/mol. The van der Waals surface area contributed by atoms with Crippen molar-refractivity contribution in [3.8, 4) is 0 Å². The van der Waals surface area contributed by atoms with Crippen LogP contribution in [0.5, 0.6) is 0 Å². The second-order valence-corrected chi connectivity index (χ2v) is 7.56. The van der Waals surface area contributed by atoms with Crippen molar-refractivity contribution >= 4 is 38.6 Å². The lowest BCUT2D eigenvalue weighted by Gasteiger charge is -2.08. The fourth-order valence-corrected chi connectivity index (χ4v) is 4.35. The highest BCUT2D eigenvalue weighted by Crippen LogP contribution is 2.30. The van der Waals surface area contributed by atoms with E-state index in [0.717, 1.165) is 33.9 Å². The molecule has 2 rings (SSSR count). The topological polar surface area (TPSA) is 72.2 Å². The number of anilines is 1. The second kappa shape index (κ2) is 5.69. The van der Waals surface area contributed by atoms with E-state index < -0.39 is 15.8 Å². The largest absolute Gasteiger partial charge is 0.326 e. The van der Waals surface area contributed by atoms with Crippen LogP contribution in [0.1, 0.15) is 10.4 Å². The maximum atomic E-state index is 13.1. The zero-order valence-corrected chi connectivity index (χ0v) is 12.9. The van der Waals surface area contributed by atoms with Crippen LogP contribution < -0.4 is 10.5 Å². The Morgan fingerprint density at radius 3 is 2.70 bits per heavy atom. The molecule has 0 saturated heterocycles. The zero-order valence-electron chi connectivity index (χ0n) is 10.5. The SMILES string of the molecule is Cc1cc(S(=O)(=O)Nc2cc(F)ccc2Cl)sc1CN. The van der Waals surface area contributed by atoms with Gasteiger partial charge in [0.05, 0.1) is 10.7 Å². The number of nitrogens with one attached hydrogen (secondary N) is 1. The Morgan fingerprint density at radius 1 is 1.40 bits per heavy atom. The highest BCUT2D eigenvalue weighted by Gasteiger charge is 2.20. The molecule has 3 N–H and O–H groups in total. The minimum atomic E-state index is -3.80. The molecule has 1 aromatic heterocycles. The third-order valence-electron chi connectivity index (χ3n) is 2.62. The molecule has 0 atom stereocenters. The van der Waals surface area contributed by atoms with Gasteiger partial charge in [-0.1, -0.05) is 11.6 Å². The van der Waals surface area contributed by atoms with Gasteiger partial charge in [-0.25, -0.2) is 12.8 Å². The molecule has 108 valence electrons. The molecule has 0 saturated carbocycles. The van der Waals surface area contributed by atoms with E-state index in [2.05, 4.69) is 4.72 Å². The summed E-state index contributed by atoms with van der Waals surface area (Å²) in [4.78, 5) is 0.788. The Balaban J connectivity index is 2.37. The summed E-state index contributed by atoms with van der Waals surface area (Å²) in [5.41, 5.74) is 6.34. The summed E-state index contributed by atoms with van der Waals surface area (Å²) in [5, 5.41) is 0.127. The Kier molecular flexibility index (Phi) is 4.33. The first-order valence-electron chi connectivity index (χ1n) is 5.60. The molecule has 0 aliphatic rings. The van der Waals surface area contributed by atoms with Crippen molar-refractivity contribution in [2.24, 2.45) is 5.73 Å². The Hall–Kier alpha value is -1.15. The van der Waals surface area contributed by atoms with Gasteiger partial charge in [0.1, 0.15) is 10.0 Å². The van der Waals surface area contributed by atoms with E-state index in [-0.39, 0.29) is 21.5 Å². The normalized spacial score (nSPS) is 11.6. The summed E-state index contributed by atoms with van der Waals surface area (Å²) in [5.74, 6) is -0.572. The third kappa shape index (κ3) is 3.12. The van der Waals surface area contributed by atoms with Crippen molar-refractivity contribution in [1.82, 2.24) is 0 Å². The van der Waals surface area contributed by atoms with E-state index in [4.69, 9.17) is 17.3 Å². The highest BCUT2D eigenvalue weighted by molar-refractivity contribution is 7.94. The third-order valence-corrected chi connectivity index (χ3v) is 6.05. The number of thiophene rings is 1. The minimum Gasteiger partial charge on any atom is -0.326 e. The van der Waals surface area contributed by atoms with Crippen LogP contribution in [0.25, 0.3) is 0 Å². The Labute approximate surface area is 125 Å². The van der Waals surface area contributed by atoms with Gasteiger partial charge < -0.3 is 5.73 Å². The molecule has 0 radical (unpaired) electrons. The maximum Gasteiger partial charge on any atom is 0.271 e. The zero-order chi connectivity index (χ0) is 14.9. The number of hydrogen-bond donors (Lipinski definition) is 2. The number of rotatable bonds is 4. The second-order valence-electron chi connectivity index (χ2n) is 4.11. The summed E-state index contributed by atoms with van der Waals surface area (Å²) in [7, 11) is -3.80. The molecule has 4 nitrogen and oxygen atoms in total. The van der Waals surface area contributed by atoms with Gasteiger partial charge in [0, 0.05) is 11.4 Å². The van der Waals surface area contributed by atoms with Crippen LogP contribution in [-0.4, -0.2) is 8.42 Å². The molecular formula is C12H12ClFN2O2S2. The van der Waals surface area contributed by atoms with Gasteiger partial charge in [0.2, 0.25) is 0 Å². The Morgan fingerprint density at radius 2 is 2.10 bits per heavy atom. The lowest BCUT2D eigenvalue weighted by molar-refractivity contribution is 0.603. The molecule has 0 fully saturated rings. The highest BCUT2D eigenvalue weighted by atomic mass is 35.5.